The lowest BCUT2D eigenvalue weighted by Gasteiger charge is -2.06. The number of thiazole rings is 1. The second-order valence-electron chi connectivity index (χ2n) is 2.81. The molecule has 70 valence electrons. The summed E-state index contributed by atoms with van der Waals surface area (Å²) in [5, 5.41) is 14.9. The molecule has 1 rings (SSSR count). The SMILES string of the molecule is CCCNC(C#N)c1csc(C)n1. The summed E-state index contributed by atoms with van der Waals surface area (Å²) in [4.78, 5) is 4.27. The molecule has 0 bridgehead atoms. The maximum Gasteiger partial charge on any atom is 0.139 e. The highest BCUT2D eigenvalue weighted by atomic mass is 32.1. The fourth-order valence-electron chi connectivity index (χ4n) is 1.02. The van der Waals surface area contributed by atoms with Gasteiger partial charge in [0, 0.05) is 5.38 Å². The number of nitrogens with zero attached hydrogens (tertiary/aromatic N) is 2. The molecule has 1 atom stereocenters. The van der Waals surface area contributed by atoms with Crippen molar-refractivity contribution < 1.29 is 0 Å². The highest BCUT2D eigenvalue weighted by Gasteiger charge is 2.11. The van der Waals surface area contributed by atoms with Crippen LogP contribution in [-0.2, 0) is 0 Å². The zero-order valence-corrected chi connectivity index (χ0v) is 8.69. The summed E-state index contributed by atoms with van der Waals surface area (Å²) in [7, 11) is 0. The molecule has 1 unspecified atom stereocenters. The van der Waals surface area contributed by atoms with E-state index in [-0.39, 0.29) is 6.04 Å². The van der Waals surface area contributed by atoms with Crippen molar-refractivity contribution in [3.63, 3.8) is 0 Å². The average Bonchev–Trinajstić information content (AvgIpc) is 2.54. The Hall–Kier alpha value is -0.920. The van der Waals surface area contributed by atoms with Crippen LogP contribution in [0, 0.1) is 18.3 Å². The smallest absolute Gasteiger partial charge is 0.139 e. The van der Waals surface area contributed by atoms with E-state index in [0.717, 1.165) is 23.7 Å². The van der Waals surface area contributed by atoms with Crippen LogP contribution in [0.25, 0.3) is 0 Å². The molecule has 0 saturated carbocycles. The Bertz CT molecular complexity index is 300. The van der Waals surface area contributed by atoms with Gasteiger partial charge in [-0.2, -0.15) is 5.26 Å². The van der Waals surface area contributed by atoms with Gasteiger partial charge in [-0.1, -0.05) is 6.92 Å². The fraction of sp³-hybridized carbons (Fsp3) is 0.556. The summed E-state index contributed by atoms with van der Waals surface area (Å²) < 4.78 is 0. The van der Waals surface area contributed by atoms with E-state index >= 15 is 0 Å². The number of aromatic nitrogens is 1. The Balaban J connectivity index is 2.63. The van der Waals surface area contributed by atoms with Gasteiger partial charge in [0.2, 0.25) is 0 Å². The van der Waals surface area contributed by atoms with Gasteiger partial charge >= 0.3 is 0 Å². The van der Waals surface area contributed by atoms with E-state index in [4.69, 9.17) is 5.26 Å². The molecule has 1 aromatic rings. The number of hydrogen-bond acceptors (Lipinski definition) is 4. The maximum absolute atomic E-state index is 8.87. The predicted octanol–water partition coefficient (Wildman–Crippen LogP) is 2.02. The summed E-state index contributed by atoms with van der Waals surface area (Å²) in [6.45, 7) is 4.88. The molecule has 0 aliphatic rings. The third kappa shape index (κ3) is 2.79. The second-order valence-corrected chi connectivity index (χ2v) is 3.87. The largest absolute Gasteiger partial charge is 0.297 e. The van der Waals surface area contributed by atoms with Crippen molar-refractivity contribution in [3.05, 3.63) is 16.1 Å². The Morgan fingerprint density at radius 2 is 2.54 bits per heavy atom. The van der Waals surface area contributed by atoms with Gasteiger partial charge in [0.25, 0.3) is 0 Å². The number of aryl methyl sites for hydroxylation is 1. The van der Waals surface area contributed by atoms with Gasteiger partial charge in [0.05, 0.1) is 16.8 Å². The number of hydrogen-bond donors (Lipinski definition) is 1. The van der Waals surface area contributed by atoms with Crippen LogP contribution >= 0.6 is 11.3 Å². The predicted molar refractivity (Wildman–Crippen MR) is 53.5 cm³/mol. The van der Waals surface area contributed by atoms with Crippen LogP contribution in [0.2, 0.25) is 0 Å². The first kappa shape index (κ1) is 10.2. The molecule has 4 heteroatoms. The summed E-state index contributed by atoms with van der Waals surface area (Å²) >= 11 is 1.58. The van der Waals surface area contributed by atoms with E-state index in [0.29, 0.717) is 0 Å². The number of nitrogens with one attached hydrogen (secondary N) is 1. The van der Waals surface area contributed by atoms with Gasteiger partial charge in [-0.05, 0) is 19.9 Å². The molecule has 0 saturated heterocycles. The Morgan fingerprint density at radius 1 is 1.77 bits per heavy atom. The van der Waals surface area contributed by atoms with Gasteiger partial charge in [-0.3, -0.25) is 5.32 Å². The molecule has 0 radical (unpaired) electrons. The monoisotopic (exact) mass is 195 g/mol. The molecule has 1 aromatic heterocycles. The number of rotatable bonds is 4. The first-order chi connectivity index (χ1) is 6.27. The summed E-state index contributed by atoms with van der Waals surface area (Å²) in [5.41, 5.74) is 0.846. The van der Waals surface area contributed by atoms with Crippen molar-refractivity contribution in [2.75, 3.05) is 6.54 Å². The molecular weight excluding hydrogens is 182 g/mol. The van der Waals surface area contributed by atoms with Crippen molar-refractivity contribution in [3.8, 4) is 6.07 Å². The molecule has 3 nitrogen and oxygen atoms in total. The van der Waals surface area contributed by atoms with Crippen LogP contribution in [0.3, 0.4) is 0 Å². The standard InChI is InChI=1S/C9H13N3S/c1-3-4-11-8(5-10)9-6-13-7(2)12-9/h6,8,11H,3-4H2,1-2H3. The first-order valence-corrected chi connectivity index (χ1v) is 5.21. The summed E-state index contributed by atoms with van der Waals surface area (Å²) in [6, 6.07) is 1.95. The molecule has 1 heterocycles. The third-order valence-corrected chi connectivity index (χ3v) is 2.45. The minimum absolute atomic E-state index is 0.245. The van der Waals surface area contributed by atoms with E-state index < -0.39 is 0 Å². The molecule has 13 heavy (non-hydrogen) atoms. The molecule has 0 fully saturated rings. The molecule has 0 amide bonds. The summed E-state index contributed by atoms with van der Waals surface area (Å²) in [5.74, 6) is 0. The van der Waals surface area contributed by atoms with Crippen LogP contribution in [0.1, 0.15) is 30.1 Å². The minimum atomic E-state index is -0.245. The molecule has 0 aromatic carbocycles. The Labute approximate surface area is 82.4 Å². The van der Waals surface area contributed by atoms with Crippen molar-refractivity contribution in [2.45, 2.75) is 26.3 Å². The van der Waals surface area contributed by atoms with Gasteiger partial charge in [-0.25, -0.2) is 4.98 Å². The molecule has 0 aliphatic heterocycles. The van der Waals surface area contributed by atoms with Crippen molar-refractivity contribution in [1.29, 1.82) is 5.26 Å². The van der Waals surface area contributed by atoms with E-state index in [1.807, 2.05) is 12.3 Å². The van der Waals surface area contributed by atoms with E-state index in [1.165, 1.54) is 0 Å². The lowest BCUT2D eigenvalue weighted by atomic mass is 10.2. The topological polar surface area (TPSA) is 48.7 Å². The van der Waals surface area contributed by atoms with Crippen molar-refractivity contribution in [2.24, 2.45) is 0 Å². The van der Waals surface area contributed by atoms with E-state index in [2.05, 4.69) is 23.3 Å². The highest BCUT2D eigenvalue weighted by molar-refractivity contribution is 7.09. The molecular formula is C9H13N3S. The average molecular weight is 195 g/mol. The van der Waals surface area contributed by atoms with Crippen LogP contribution in [-0.4, -0.2) is 11.5 Å². The zero-order chi connectivity index (χ0) is 9.68. The van der Waals surface area contributed by atoms with Crippen LogP contribution in [0.5, 0.6) is 0 Å². The zero-order valence-electron chi connectivity index (χ0n) is 7.87. The van der Waals surface area contributed by atoms with Crippen molar-refractivity contribution >= 4 is 11.3 Å². The fourth-order valence-corrected chi connectivity index (χ4v) is 1.66. The summed E-state index contributed by atoms with van der Waals surface area (Å²) in [6.07, 6.45) is 1.03. The Morgan fingerprint density at radius 3 is 3.00 bits per heavy atom. The second kappa shape index (κ2) is 4.95. The molecule has 0 spiro atoms. The van der Waals surface area contributed by atoms with Crippen molar-refractivity contribution in [1.82, 2.24) is 10.3 Å². The number of nitriles is 1. The van der Waals surface area contributed by atoms with E-state index in [9.17, 15) is 0 Å². The van der Waals surface area contributed by atoms with Crippen LogP contribution < -0.4 is 5.32 Å². The Kier molecular flexibility index (Phi) is 3.87. The van der Waals surface area contributed by atoms with Crippen LogP contribution in [0.15, 0.2) is 5.38 Å². The van der Waals surface area contributed by atoms with Gasteiger partial charge < -0.3 is 0 Å². The quantitative estimate of drug-likeness (QED) is 0.799. The van der Waals surface area contributed by atoms with Gasteiger partial charge in [0.1, 0.15) is 6.04 Å². The molecule has 0 aliphatic carbocycles. The van der Waals surface area contributed by atoms with Gasteiger partial charge in [-0.15, -0.1) is 11.3 Å². The third-order valence-electron chi connectivity index (χ3n) is 1.66. The highest BCUT2D eigenvalue weighted by Crippen LogP contribution is 2.15. The molecule has 1 N–H and O–H groups in total. The van der Waals surface area contributed by atoms with E-state index in [1.54, 1.807) is 11.3 Å². The van der Waals surface area contributed by atoms with Crippen LogP contribution in [0.4, 0.5) is 0 Å². The minimum Gasteiger partial charge on any atom is -0.297 e. The lowest BCUT2D eigenvalue weighted by molar-refractivity contribution is 0.611. The maximum atomic E-state index is 8.87. The van der Waals surface area contributed by atoms with Gasteiger partial charge in [0.15, 0.2) is 0 Å². The first-order valence-electron chi connectivity index (χ1n) is 4.33. The lowest BCUT2D eigenvalue weighted by Crippen LogP contribution is -2.20. The normalized spacial score (nSPS) is 12.4.